The van der Waals surface area contributed by atoms with Crippen LogP contribution in [0.4, 0.5) is 0 Å². The molecule has 1 heterocycles. The summed E-state index contributed by atoms with van der Waals surface area (Å²) in [5, 5.41) is 2.01. The minimum atomic E-state index is 0.0187. The molecule has 0 saturated carbocycles. The van der Waals surface area contributed by atoms with Gasteiger partial charge >= 0.3 is 0 Å². The highest BCUT2D eigenvalue weighted by Crippen LogP contribution is 2.35. The van der Waals surface area contributed by atoms with E-state index in [1.165, 1.54) is 16.9 Å². The molecule has 0 fully saturated rings. The molecular formula is C16H18O2S. The zero-order chi connectivity index (χ0) is 14.0. The molecule has 2 aromatic rings. The molecule has 0 radical (unpaired) electrons. The number of benzene rings is 1. The molecule has 1 aromatic carbocycles. The average molecular weight is 274 g/mol. The molecule has 19 heavy (non-hydrogen) atoms. The molecule has 0 spiro atoms. The van der Waals surface area contributed by atoms with E-state index in [9.17, 15) is 4.79 Å². The molecule has 0 N–H and O–H groups in total. The van der Waals surface area contributed by atoms with Crippen LogP contribution in [0.2, 0.25) is 0 Å². The van der Waals surface area contributed by atoms with Gasteiger partial charge in [-0.3, -0.25) is 4.79 Å². The van der Waals surface area contributed by atoms with Crippen LogP contribution in [0.5, 0.6) is 5.75 Å². The van der Waals surface area contributed by atoms with Crippen LogP contribution in [-0.2, 0) is 5.41 Å². The molecule has 2 rings (SSSR count). The number of carbonyl (C=O) groups excluding carboxylic acids is 1. The molecule has 100 valence electrons. The Balaban J connectivity index is 2.51. The maximum atomic E-state index is 10.8. The summed E-state index contributed by atoms with van der Waals surface area (Å²) in [4.78, 5) is 11.5. The fraction of sp³-hybridized carbons (Fsp3) is 0.312. The minimum absolute atomic E-state index is 0.0187. The summed E-state index contributed by atoms with van der Waals surface area (Å²) >= 11 is 1.47. The van der Waals surface area contributed by atoms with Crippen molar-refractivity contribution >= 4 is 17.6 Å². The molecule has 0 atom stereocenters. The zero-order valence-corrected chi connectivity index (χ0v) is 12.5. The molecule has 0 unspecified atom stereocenters. The molecule has 0 amide bonds. The lowest BCUT2D eigenvalue weighted by Crippen LogP contribution is -2.12. The number of thiophene rings is 1. The van der Waals surface area contributed by atoms with Crippen molar-refractivity contribution in [3.63, 3.8) is 0 Å². The monoisotopic (exact) mass is 274 g/mol. The van der Waals surface area contributed by atoms with E-state index in [1.807, 2.05) is 23.6 Å². The van der Waals surface area contributed by atoms with E-state index in [2.05, 4.69) is 26.8 Å². The van der Waals surface area contributed by atoms with Crippen molar-refractivity contribution in [3.8, 4) is 16.9 Å². The van der Waals surface area contributed by atoms with Crippen LogP contribution in [-0.4, -0.2) is 13.4 Å². The Hall–Kier alpha value is -1.61. The Morgan fingerprint density at radius 2 is 1.89 bits per heavy atom. The summed E-state index contributed by atoms with van der Waals surface area (Å²) in [6.07, 6.45) is 0.891. The molecule has 0 bridgehead atoms. The smallest absolute Gasteiger partial charge is 0.160 e. The van der Waals surface area contributed by atoms with Crippen LogP contribution in [0, 0.1) is 0 Å². The molecule has 0 aliphatic rings. The highest BCUT2D eigenvalue weighted by molar-refractivity contribution is 7.12. The van der Waals surface area contributed by atoms with Crippen molar-refractivity contribution in [2.75, 3.05) is 7.11 Å². The van der Waals surface area contributed by atoms with Crippen LogP contribution >= 0.6 is 11.3 Å². The second-order valence-electron chi connectivity index (χ2n) is 5.52. The van der Waals surface area contributed by atoms with Crippen molar-refractivity contribution in [3.05, 3.63) is 40.1 Å². The minimum Gasteiger partial charge on any atom is -0.496 e. The highest BCUT2D eigenvalue weighted by atomic mass is 32.1. The van der Waals surface area contributed by atoms with E-state index in [1.54, 1.807) is 7.11 Å². The summed E-state index contributed by atoms with van der Waals surface area (Å²) in [5.41, 5.74) is 3.40. The third-order valence-corrected chi connectivity index (χ3v) is 3.93. The number of ether oxygens (including phenoxy) is 1. The van der Waals surface area contributed by atoms with Gasteiger partial charge in [-0.2, -0.15) is 0 Å². The van der Waals surface area contributed by atoms with Crippen molar-refractivity contribution in [1.82, 2.24) is 0 Å². The van der Waals surface area contributed by atoms with Crippen molar-refractivity contribution in [2.45, 2.75) is 26.2 Å². The van der Waals surface area contributed by atoms with Gasteiger partial charge in [0.1, 0.15) is 5.75 Å². The Kier molecular flexibility index (Phi) is 3.76. The number of rotatable bonds is 3. The van der Waals surface area contributed by atoms with Gasteiger partial charge in [0, 0.05) is 5.56 Å². The van der Waals surface area contributed by atoms with E-state index >= 15 is 0 Å². The Morgan fingerprint density at radius 1 is 1.16 bits per heavy atom. The molecular weight excluding hydrogens is 256 g/mol. The van der Waals surface area contributed by atoms with Crippen LogP contribution in [0.1, 0.15) is 36.0 Å². The van der Waals surface area contributed by atoms with Crippen LogP contribution < -0.4 is 4.74 Å². The molecule has 1 aromatic heterocycles. The van der Waals surface area contributed by atoms with Gasteiger partial charge in [0.05, 0.1) is 12.0 Å². The second-order valence-corrected chi connectivity index (χ2v) is 6.46. The van der Waals surface area contributed by atoms with Gasteiger partial charge < -0.3 is 4.74 Å². The topological polar surface area (TPSA) is 26.3 Å². The normalized spacial score (nSPS) is 11.4. The SMILES string of the molecule is COc1ccc(-c2csc(C=O)c2)cc1C(C)(C)C. The third kappa shape index (κ3) is 2.87. The van der Waals surface area contributed by atoms with Gasteiger partial charge in [0.15, 0.2) is 6.29 Å². The highest BCUT2D eigenvalue weighted by Gasteiger charge is 2.19. The van der Waals surface area contributed by atoms with E-state index < -0.39 is 0 Å². The predicted octanol–water partition coefficient (Wildman–Crippen LogP) is 4.53. The summed E-state index contributed by atoms with van der Waals surface area (Å²) in [7, 11) is 1.69. The first kappa shape index (κ1) is 13.8. The summed E-state index contributed by atoms with van der Waals surface area (Å²) in [5.74, 6) is 0.905. The number of hydrogen-bond acceptors (Lipinski definition) is 3. The quantitative estimate of drug-likeness (QED) is 0.768. The second kappa shape index (κ2) is 5.17. The standard InChI is InChI=1S/C16H18O2S/c1-16(2,3)14-8-11(5-6-15(14)18-4)12-7-13(9-17)19-10-12/h5-10H,1-4H3. The Labute approximate surface area is 118 Å². The number of methoxy groups -OCH3 is 1. The number of aldehydes is 1. The van der Waals surface area contributed by atoms with Gasteiger partial charge in [-0.05, 0) is 40.1 Å². The first-order valence-electron chi connectivity index (χ1n) is 6.18. The lowest BCUT2D eigenvalue weighted by atomic mass is 9.85. The summed E-state index contributed by atoms with van der Waals surface area (Å²) < 4.78 is 5.44. The Bertz CT molecular complexity index is 591. The van der Waals surface area contributed by atoms with E-state index in [0.29, 0.717) is 0 Å². The van der Waals surface area contributed by atoms with Gasteiger partial charge in [-0.25, -0.2) is 0 Å². The van der Waals surface area contributed by atoms with E-state index in [0.717, 1.165) is 28.0 Å². The van der Waals surface area contributed by atoms with E-state index in [-0.39, 0.29) is 5.41 Å². The third-order valence-electron chi connectivity index (χ3n) is 3.08. The number of carbonyl (C=O) groups is 1. The van der Waals surface area contributed by atoms with E-state index in [4.69, 9.17) is 4.74 Å². The van der Waals surface area contributed by atoms with Crippen LogP contribution in [0.3, 0.4) is 0 Å². The molecule has 0 saturated heterocycles. The molecule has 2 nitrogen and oxygen atoms in total. The fourth-order valence-electron chi connectivity index (χ4n) is 2.04. The lowest BCUT2D eigenvalue weighted by Gasteiger charge is -2.22. The fourth-order valence-corrected chi connectivity index (χ4v) is 2.76. The van der Waals surface area contributed by atoms with Crippen molar-refractivity contribution in [1.29, 1.82) is 0 Å². The summed E-state index contributed by atoms with van der Waals surface area (Å²) in [6, 6.07) is 8.10. The van der Waals surface area contributed by atoms with Gasteiger partial charge in [0.25, 0.3) is 0 Å². The average Bonchev–Trinajstić information content (AvgIpc) is 2.85. The Morgan fingerprint density at radius 3 is 2.42 bits per heavy atom. The number of hydrogen-bond donors (Lipinski definition) is 0. The largest absolute Gasteiger partial charge is 0.496 e. The van der Waals surface area contributed by atoms with Gasteiger partial charge in [-0.15, -0.1) is 11.3 Å². The van der Waals surface area contributed by atoms with Crippen molar-refractivity contribution < 1.29 is 9.53 Å². The maximum Gasteiger partial charge on any atom is 0.160 e. The zero-order valence-electron chi connectivity index (χ0n) is 11.7. The van der Waals surface area contributed by atoms with Crippen LogP contribution in [0.15, 0.2) is 29.6 Å². The molecule has 0 aliphatic carbocycles. The molecule has 0 aliphatic heterocycles. The first-order valence-corrected chi connectivity index (χ1v) is 7.06. The molecule has 3 heteroatoms. The first-order chi connectivity index (χ1) is 8.95. The maximum absolute atomic E-state index is 10.8. The van der Waals surface area contributed by atoms with Gasteiger partial charge in [0.2, 0.25) is 0 Å². The lowest BCUT2D eigenvalue weighted by molar-refractivity contribution is 0.112. The summed E-state index contributed by atoms with van der Waals surface area (Å²) in [6.45, 7) is 6.50. The van der Waals surface area contributed by atoms with Crippen molar-refractivity contribution in [2.24, 2.45) is 0 Å². The van der Waals surface area contributed by atoms with Gasteiger partial charge in [-0.1, -0.05) is 26.8 Å². The van der Waals surface area contributed by atoms with Crippen LogP contribution in [0.25, 0.3) is 11.1 Å². The predicted molar refractivity (Wildman–Crippen MR) is 80.4 cm³/mol.